The largest absolute Gasteiger partial charge is 0.492 e. The van der Waals surface area contributed by atoms with Crippen LogP contribution in [-0.4, -0.2) is 58.7 Å². The molecule has 5 rings (SSSR count). The van der Waals surface area contributed by atoms with Crippen LogP contribution in [-0.2, 0) is 0 Å². The first-order chi connectivity index (χ1) is 16.6. The number of carbonyl (C=O) groups is 1. The number of nitrogens with two attached hydrogens (primary N) is 1. The third-order valence-electron chi connectivity index (χ3n) is 5.68. The van der Waals surface area contributed by atoms with E-state index in [1.54, 1.807) is 18.2 Å². The number of hydrogen-bond donors (Lipinski definition) is 3. The molecule has 11 heteroatoms. The Hall–Kier alpha value is -3.99. The average Bonchev–Trinajstić information content (AvgIpc) is 3.46. The van der Waals surface area contributed by atoms with Gasteiger partial charge in [-0.25, -0.2) is 4.79 Å². The Morgan fingerprint density at radius 2 is 1.79 bits per heavy atom. The second kappa shape index (κ2) is 9.87. The van der Waals surface area contributed by atoms with Crippen LogP contribution in [0.1, 0.15) is 19.3 Å². The van der Waals surface area contributed by atoms with Gasteiger partial charge in [-0.3, -0.25) is 4.90 Å². The first kappa shape index (κ1) is 21.8. The lowest BCUT2D eigenvalue weighted by Gasteiger charge is -2.26. The standard InChI is InChI=1S/C23H27N7O4/c24-21-27-22(28-30(21)23(31)26-17-6-9-19-20(14-17)34-15-33-19)25-16-4-7-18(8-5-16)32-13-12-29-10-2-1-3-11-29/h4-9,14H,1-3,10-13,15H2,(H,26,31)(H3,24,25,27,28). The number of carbonyl (C=O) groups excluding carboxylic acids is 1. The number of anilines is 4. The van der Waals surface area contributed by atoms with Gasteiger partial charge in [-0.15, -0.1) is 9.78 Å². The first-order valence-electron chi connectivity index (χ1n) is 11.3. The van der Waals surface area contributed by atoms with E-state index in [0.717, 1.165) is 35.8 Å². The average molecular weight is 466 g/mol. The Balaban J connectivity index is 1.15. The molecule has 1 amide bonds. The van der Waals surface area contributed by atoms with Crippen molar-refractivity contribution < 1.29 is 19.0 Å². The summed E-state index contributed by atoms with van der Waals surface area (Å²) in [5, 5.41) is 9.93. The third-order valence-corrected chi connectivity index (χ3v) is 5.68. The highest BCUT2D eigenvalue weighted by Crippen LogP contribution is 2.34. The van der Waals surface area contributed by atoms with Gasteiger partial charge < -0.3 is 30.6 Å². The maximum absolute atomic E-state index is 12.6. The van der Waals surface area contributed by atoms with Crippen LogP contribution in [0.5, 0.6) is 17.2 Å². The molecule has 0 spiro atoms. The number of nitrogen functional groups attached to an aromatic ring is 1. The Kier molecular flexibility index (Phi) is 6.34. The Labute approximate surface area is 196 Å². The Morgan fingerprint density at radius 1 is 1.03 bits per heavy atom. The minimum atomic E-state index is -0.547. The summed E-state index contributed by atoms with van der Waals surface area (Å²) < 4.78 is 17.4. The molecule has 11 nitrogen and oxygen atoms in total. The number of benzene rings is 2. The van der Waals surface area contributed by atoms with Crippen molar-refractivity contribution in [2.24, 2.45) is 0 Å². The smallest absolute Gasteiger partial charge is 0.349 e. The third kappa shape index (κ3) is 5.15. The van der Waals surface area contributed by atoms with Gasteiger partial charge in [-0.05, 0) is 62.3 Å². The number of aromatic nitrogens is 3. The fourth-order valence-electron chi connectivity index (χ4n) is 3.92. The van der Waals surface area contributed by atoms with Crippen molar-refractivity contribution in [3.8, 4) is 17.2 Å². The van der Waals surface area contributed by atoms with Gasteiger partial charge in [-0.2, -0.15) is 4.98 Å². The molecule has 2 aliphatic heterocycles. The van der Waals surface area contributed by atoms with Crippen LogP contribution in [0.3, 0.4) is 0 Å². The van der Waals surface area contributed by atoms with Crippen molar-refractivity contribution in [2.45, 2.75) is 19.3 Å². The summed E-state index contributed by atoms with van der Waals surface area (Å²) in [6.45, 7) is 4.07. The number of piperidine rings is 1. The molecule has 0 atom stereocenters. The van der Waals surface area contributed by atoms with Crippen molar-refractivity contribution in [1.29, 1.82) is 0 Å². The second-order valence-electron chi connectivity index (χ2n) is 8.10. The van der Waals surface area contributed by atoms with E-state index in [2.05, 4.69) is 25.6 Å². The fourth-order valence-corrected chi connectivity index (χ4v) is 3.92. The summed E-state index contributed by atoms with van der Waals surface area (Å²) in [6, 6.07) is 12.0. The number of hydrogen-bond acceptors (Lipinski definition) is 9. The van der Waals surface area contributed by atoms with Crippen LogP contribution in [0.15, 0.2) is 42.5 Å². The van der Waals surface area contributed by atoms with Crippen molar-refractivity contribution in [3.63, 3.8) is 0 Å². The van der Waals surface area contributed by atoms with E-state index in [1.165, 1.54) is 19.3 Å². The molecule has 2 aliphatic rings. The maximum atomic E-state index is 12.6. The molecule has 1 fully saturated rings. The van der Waals surface area contributed by atoms with E-state index in [9.17, 15) is 4.79 Å². The van der Waals surface area contributed by atoms with Crippen molar-refractivity contribution >= 4 is 29.3 Å². The number of ether oxygens (including phenoxy) is 3. The predicted molar refractivity (Wildman–Crippen MR) is 127 cm³/mol. The molecule has 0 unspecified atom stereocenters. The molecular formula is C23H27N7O4. The molecule has 34 heavy (non-hydrogen) atoms. The van der Waals surface area contributed by atoms with Gasteiger partial charge in [0.1, 0.15) is 12.4 Å². The summed E-state index contributed by atoms with van der Waals surface area (Å²) in [7, 11) is 0. The number of likely N-dealkylation sites (tertiary alicyclic amines) is 1. The molecule has 0 bridgehead atoms. The number of nitrogens with one attached hydrogen (secondary N) is 2. The molecule has 0 saturated carbocycles. The quantitative estimate of drug-likeness (QED) is 0.481. The van der Waals surface area contributed by atoms with Gasteiger partial charge in [0.05, 0.1) is 0 Å². The van der Waals surface area contributed by atoms with Gasteiger partial charge in [0.15, 0.2) is 11.5 Å². The molecule has 4 N–H and O–H groups in total. The fraction of sp³-hybridized carbons (Fsp3) is 0.348. The molecule has 0 aliphatic carbocycles. The monoisotopic (exact) mass is 465 g/mol. The topological polar surface area (TPSA) is 129 Å². The van der Waals surface area contributed by atoms with Crippen LogP contribution in [0, 0.1) is 0 Å². The van der Waals surface area contributed by atoms with E-state index < -0.39 is 6.03 Å². The van der Waals surface area contributed by atoms with Gasteiger partial charge >= 0.3 is 6.03 Å². The van der Waals surface area contributed by atoms with E-state index in [1.807, 2.05) is 24.3 Å². The van der Waals surface area contributed by atoms with Gasteiger partial charge in [-0.1, -0.05) is 6.42 Å². The van der Waals surface area contributed by atoms with E-state index >= 15 is 0 Å². The highest BCUT2D eigenvalue weighted by Gasteiger charge is 2.17. The van der Waals surface area contributed by atoms with Crippen LogP contribution in [0.25, 0.3) is 0 Å². The summed E-state index contributed by atoms with van der Waals surface area (Å²) in [4.78, 5) is 19.2. The molecular weight excluding hydrogens is 438 g/mol. The Bertz CT molecular complexity index is 1140. The summed E-state index contributed by atoms with van der Waals surface area (Å²) >= 11 is 0. The van der Waals surface area contributed by atoms with Gasteiger partial charge in [0.25, 0.3) is 0 Å². The van der Waals surface area contributed by atoms with Crippen LogP contribution >= 0.6 is 0 Å². The number of nitrogens with zero attached hydrogens (tertiary/aromatic N) is 4. The predicted octanol–water partition coefficient (Wildman–Crippen LogP) is 3.28. The van der Waals surface area contributed by atoms with Gasteiger partial charge in [0.2, 0.25) is 18.7 Å². The minimum absolute atomic E-state index is 0.0431. The SMILES string of the molecule is Nc1nc(Nc2ccc(OCCN3CCCCC3)cc2)nn1C(=O)Nc1ccc2c(c1)OCO2. The van der Waals surface area contributed by atoms with E-state index in [4.69, 9.17) is 19.9 Å². The minimum Gasteiger partial charge on any atom is -0.492 e. The zero-order chi connectivity index (χ0) is 23.3. The highest BCUT2D eigenvalue weighted by molar-refractivity contribution is 5.92. The molecule has 0 radical (unpaired) electrons. The van der Waals surface area contributed by atoms with Crippen LogP contribution in [0.2, 0.25) is 0 Å². The summed E-state index contributed by atoms with van der Waals surface area (Å²) in [5.41, 5.74) is 7.17. The maximum Gasteiger partial charge on any atom is 0.349 e. The van der Waals surface area contributed by atoms with E-state index in [0.29, 0.717) is 23.8 Å². The van der Waals surface area contributed by atoms with Crippen molar-refractivity contribution in [2.75, 3.05) is 49.4 Å². The van der Waals surface area contributed by atoms with Crippen molar-refractivity contribution in [1.82, 2.24) is 19.7 Å². The number of rotatable bonds is 7. The Morgan fingerprint density at radius 3 is 2.62 bits per heavy atom. The normalized spacial score (nSPS) is 15.2. The highest BCUT2D eigenvalue weighted by atomic mass is 16.7. The second-order valence-corrected chi connectivity index (χ2v) is 8.10. The lowest BCUT2D eigenvalue weighted by Crippen LogP contribution is -2.33. The molecule has 3 aromatic rings. The summed E-state index contributed by atoms with van der Waals surface area (Å²) in [5.74, 6) is 2.15. The van der Waals surface area contributed by atoms with Crippen LogP contribution < -0.4 is 30.6 Å². The lowest BCUT2D eigenvalue weighted by atomic mass is 10.1. The van der Waals surface area contributed by atoms with Crippen LogP contribution in [0.4, 0.5) is 28.1 Å². The molecule has 1 aromatic heterocycles. The van der Waals surface area contributed by atoms with E-state index in [-0.39, 0.29) is 18.7 Å². The van der Waals surface area contributed by atoms with Crippen molar-refractivity contribution in [3.05, 3.63) is 42.5 Å². The molecule has 3 heterocycles. The summed E-state index contributed by atoms with van der Waals surface area (Å²) in [6.07, 6.45) is 3.87. The number of amides is 1. The lowest BCUT2D eigenvalue weighted by molar-refractivity contribution is 0.174. The number of fused-ring (bicyclic) bond motifs is 1. The molecule has 1 saturated heterocycles. The molecule has 178 valence electrons. The zero-order valence-electron chi connectivity index (χ0n) is 18.7. The molecule has 2 aromatic carbocycles. The zero-order valence-corrected chi connectivity index (χ0v) is 18.7. The first-order valence-corrected chi connectivity index (χ1v) is 11.3. The van der Waals surface area contributed by atoms with Gasteiger partial charge in [0, 0.05) is 24.0 Å².